The molecule has 0 bridgehead atoms. The van der Waals surface area contributed by atoms with Crippen molar-refractivity contribution in [2.75, 3.05) is 25.6 Å². The Labute approximate surface area is 99.6 Å². The van der Waals surface area contributed by atoms with E-state index in [9.17, 15) is 14.3 Å². The van der Waals surface area contributed by atoms with Gasteiger partial charge in [-0.1, -0.05) is 6.07 Å². The molecule has 4 nitrogen and oxygen atoms in total. The van der Waals surface area contributed by atoms with Gasteiger partial charge in [-0.2, -0.15) is 0 Å². The number of ether oxygens (including phenoxy) is 1. The van der Waals surface area contributed by atoms with Gasteiger partial charge in [-0.15, -0.1) is 0 Å². The Morgan fingerprint density at radius 3 is 2.71 bits per heavy atom. The van der Waals surface area contributed by atoms with Crippen molar-refractivity contribution in [2.24, 2.45) is 0 Å². The van der Waals surface area contributed by atoms with Crippen molar-refractivity contribution in [2.45, 2.75) is 13.0 Å². The molecule has 0 saturated heterocycles. The highest BCUT2D eigenvalue weighted by Gasteiger charge is 2.20. The van der Waals surface area contributed by atoms with E-state index in [0.717, 1.165) is 0 Å². The van der Waals surface area contributed by atoms with Crippen molar-refractivity contribution in [3.05, 3.63) is 29.6 Å². The van der Waals surface area contributed by atoms with Crippen LogP contribution in [0.4, 0.5) is 10.1 Å². The number of nitrogens with zero attached hydrogens (tertiary/aromatic N) is 1. The van der Waals surface area contributed by atoms with Crippen LogP contribution in [-0.4, -0.2) is 31.8 Å². The molecule has 0 spiro atoms. The summed E-state index contributed by atoms with van der Waals surface area (Å²) < 4.78 is 18.1. The lowest BCUT2D eigenvalue weighted by Gasteiger charge is -2.16. The van der Waals surface area contributed by atoms with Gasteiger partial charge >= 0.3 is 5.97 Å². The second-order valence-electron chi connectivity index (χ2n) is 3.76. The Morgan fingerprint density at radius 2 is 2.18 bits per heavy atom. The fourth-order valence-electron chi connectivity index (χ4n) is 1.40. The van der Waals surface area contributed by atoms with E-state index in [1.165, 1.54) is 18.2 Å². The number of rotatable bonds is 4. The van der Waals surface area contributed by atoms with Gasteiger partial charge in [-0.05, 0) is 24.6 Å². The van der Waals surface area contributed by atoms with Crippen LogP contribution >= 0.6 is 0 Å². The summed E-state index contributed by atoms with van der Waals surface area (Å²) >= 11 is 0. The smallest absolute Gasteiger partial charge is 0.339 e. The van der Waals surface area contributed by atoms with Crippen LogP contribution in [0.25, 0.3) is 0 Å². The Bertz CT molecular complexity index is 407. The number of hydrogen-bond acceptors (Lipinski definition) is 4. The predicted octanol–water partition coefficient (Wildman–Crippen LogP) is 1.49. The Kier molecular flexibility index (Phi) is 4.45. The molecule has 0 aromatic heterocycles. The number of carbonyl (C=O) groups is 1. The summed E-state index contributed by atoms with van der Waals surface area (Å²) in [5.41, 5.74) is 0.624. The summed E-state index contributed by atoms with van der Waals surface area (Å²) in [4.78, 5) is 12.9. The molecular weight excluding hydrogens is 225 g/mol. The summed E-state index contributed by atoms with van der Waals surface area (Å²) in [5.74, 6) is -1.14. The molecule has 0 heterocycles. The highest BCUT2D eigenvalue weighted by atomic mass is 19.1. The van der Waals surface area contributed by atoms with Crippen LogP contribution in [0.5, 0.6) is 0 Å². The second kappa shape index (κ2) is 5.63. The quantitative estimate of drug-likeness (QED) is 0.811. The van der Waals surface area contributed by atoms with Crippen LogP contribution in [0.3, 0.4) is 0 Å². The topological polar surface area (TPSA) is 49.8 Å². The molecule has 1 aromatic carbocycles. The molecule has 0 radical (unpaired) electrons. The Balaban J connectivity index is 2.99. The first-order chi connectivity index (χ1) is 7.97. The lowest BCUT2D eigenvalue weighted by molar-refractivity contribution is -0.153. The number of hydrogen-bond donors (Lipinski definition) is 1. The van der Waals surface area contributed by atoms with Gasteiger partial charge in [0.25, 0.3) is 0 Å². The van der Waals surface area contributed by atoms with Crippen molar-refractivity contribution in [3.63, 3.8) is 0 Å². The summed E-state index contributed by atoms with van der Waals surface area (Å²) in [5, 5.41) is 9.70. The minimum absolute atomic E-state index is 0.192. The highest BCUT2D eigenvalue weighted by molar-refractivity contribution is 5.76. The van der Waals surface area contributed by atoms with Crippen LogP contribution in [0.15, 0.2) is 18.2 Å². The molecule has 1 rings (SSSR count). The zero-order valence-corrected chi connectivity index (χ0v) is 10.1. The predicted molar refractivity (Wildman–Crippen MR) is 62.3 cm³/mol. The van der Waals surface area contributed by atoms with Gasteiger partial charge in [0.1, 0.15) is 5.82 Å². The van der Waals surface area contributed by atoms with E-state index < -0.39 is 17.9 Å². The van der Waals surface area contributed by atoms with E-state index in [-0.39, 0.29) is 6.61 Å². The van der Waals surface area contributed by atoms with Crippen LogP contribution in [0.1, 0.15) is 18.6 Å². The van der Waals surface area contributed by atoms with Crippen molar-refractivity contribution in [1.82, 2.24) is 0 Å². The van der Waals surface area contributed by atoms with Gasteiger partial charge in [-0.25, -0.2) is 9.18 Å². The molecule has 5 heteroatoms. The normalized spacial score (nSPS) is 12.1. The maximum absolute atomic E-state index is 13.4. The van der Waals surface area contributed by atoms with E-state index in [2.05, 4.69) is 0 Å². The lowest BCUT2D eigenvalue weighted by atomic mass is 10.1. The number of halogens is 1. The standard InChI is InChI=1S/C12H16FNO3/c1-4-17-12(16)11(15)8-5-6-9(13)10(7-8)14(2)3/h5-7,11,15H,4H2,1-3H3. The van der Waals surface area contributed by atoms with Gasteiger partial charge in [0.15, 0.2) is 6.10 Å². The van der Waals surface area contributed by atoms with Crippen LogP contribution < -0.4 is 4.90 Å². The zero-order valence-electron chi connectivity index (χ0n) is 10.1. The number of anilines is 1. The highest BCUT2D eigenvalue weighted by Crippen LogP contribution is 2.23. The van der Waals surface area contributed by atoms with E-state index in [1.54, 1.807) is 25.9 Å². The fraction of sp³-hybridized carbons (Fsp3) is 0.417. The number of aliphatic hydroxyl groups is 1. The van der Waals surface area contributed by atoms with Gasteiger partial charge in [0.05, 0.1) is 12.3 Å². The van der Waals surface area contributed by atoms with Gasteiger partial charge in [-0.3, -0.25) is 0 Å². The third-order valence-corrected chi connectivity index (χ3v) is 2.28. The molecule has 94 valence electrons. The molecule has 1 aromatic rings. The number of esters is 1. The molecule has 1 atom stereocenters. The van der Waals surface area contributed by atoms with Crippen molar-refractivity contribution >= 4 is 11.7 Å². The van der Waals surface area contributed by atoms with E-state index in [1.807, 2.05) is 0 Å². The molecule has 1 unspecified atom stereocenters. The number of benzene rings is 1. The zero-order chi connectivity index (χ0) is 13.0. The van der Waals surface area contributed by atoms with E-state index in [4.69, 9.17) is 4.74 Å². The average Bonchev–Trinajstić information content (AvgIpc) is 2.28. The molecular formula is C12H16FNO3. The number of aliphatic hydroxyl groups excluding tert-OH is 1. The monoisotopic (exact) mass is 241 g/mol. The third-order valence-electron chi connectivity index (χ3n) is 2.28. The molecule has 0 aliphatic carbocycles. The maximum atomic E-state index is 13.4. The molecule has 0 aliphatic heterocycles. The first-order valence-electron chi connectivity index (χ1n) is 5.28. The first kappa shape index (κ1) is 13.4. The van der Waals surface area contributed by atoms with Crippen LogP contribution in [-0.2, 0) is 9.53 Å². The average molecular weight is 241 g/mol. The van der Waals surface area contributed by atoms with E-state index in [0.29, 0.717) is 11.3 Å². The third kappa shape index (κ3) is 3.17. The molecule has 0 amide bonds. The van der Waals surface area contributed by atoms with Crippen LogP contribution in [0.2, 0.25) is 0 Å². The van der Waals surface area contributed by atoms with Gasteiger partial charge in [0, 0.05) is 14.1 Å². The molecule has 0 saturated carbocycles. The van der Waals surface area contributed by atoms with Crippen molar-refractivity contribution in [3.8, 4) is 0 Å². The summed E-state index contributed by atoms with van der Waals surface area (Å²) in [6.45, 7) is 1.85. The minimum Gasteiger partial charge on any atom is -0.464 e. The SMILES string of the molecule is CCOC(=O)C(O)c1ccc(F)c(N(C)C)c1. The minimum atomic E-state index is -1.38. The summed E-state index contributed by atoms with van der Waals surface area (Å²) in [7, 11) is 3.36. The Hall–Kier alpha value is -1.62. The lowest BCUT2D eigenvalue weighted by Crippen LogP contribution is -2.17. The van der Waals surface area contributed by atoms with Crippen LogP contribution in [0, 0.1) is 5.82 Å². The van der Waals surface area contributed by atoms with Gasteiger partial charge in [0.2, 0.25) is 0 Å². The summed E-state index contributed by atoms with van der Waals surface area (Å²) in [6.07, 6.45) is -1.38. The fourth-order valence-corrected chi connectivity index (χ4v) is 1.40. The van der Waals surface area contributed by atoms with Crippen molar-refractivity contribution in [1.29, 1.82) is 0 Å². The molecule has 0 fully saturated rings. The molecule has 1 N–H and O–H groups in total. The summed E-state index contributed by atoms with van der Waals surface area (Å²) in [6, 6.07) is 4.01. The largest absolute Gasteiger partial charge is 0.464 e. The van der Waals surface area contributed by atoms with E-state index >= 15 is 0 Å². The van der Waals surface area contributed by atoms with Crippen molar-refractivity contribution < 1.29 is 19.0 Å². The molecule has 0 aliphatic rings. The molecule has 17 heavy (non-hydrogen) atoms. The Morgan fingerprint density at radius 1 is 1.53 bits per heavy atom. The maximum Gasteiger partial charge on any atom is 0.339 e. The van der Waals surface area contributed by atoms with Gasteiger partial charge < -0.3 is 14.7 Å². The second-order valence-corrected chi connectivity index (χ2v) is 3.76. The first-order valence-corrected chi connectivity index (χ1v) is 5.28. The number of carbonyl (C=O) groups excluding carboxylic acids is 1.